The maximum absolute atomic E-state index is 14.2. The molecule has 0 radical (unpaired) electrons. The van der Waals surface area contributed by atoms with Crippen LogP contribution in [-0.2, 0) is 25.7 Å². The average molecular weight is 607 g/mol. The molecule has 3 saturated carbocycles. The van der Waals surface area contributed by atoms with Crippen molar-refractivity contribution >= 4 is 17.7 Å². The number of fused-ring (bicyclic) bond motifs is 5. The zero-order valence-corrected chi connectivity index (χ0v) is 27.8. The number of ether oxygens (including phenoxy) is 1. The molecule has 44 heavy (non-hydrogen) atoms. The van der Waals surface area contributed by atoms with Crippen molar-refractivity contribution in [2.24, 2.45) is 44.8 Å². The molecular formula is C38H54O6. The highest BCUT2D eigenvalue weighted by Gasteiger charge is 2.65. The third-order valence-electron chi connectivity index (χ3n) is 13.7. The normalized spacial score (nSPS) is 38.7. The van der Waals surface area contributed by atoms with E-state index in [2.05, 4.69) is 20.8 Å². The quantitative estimate of drug-likeness (QED) is 0.277. The number of aliphatic hydroxyl groups is 1. The predicted molar refractivity (Wildman–Crippen MR) is 170 cm³/mol. The summed E-state index contributed by atoms with van der Waals surface area (Å²) in [6, 6.07) is 9.78. The molecule has 5 rings (SSSR count). The van der Waals surface area contributed by atoms with E-state index in [0.29, 0.717) is 25.7 Å². The van der Waals surface area contributed by atoms with Crippen molar-refractivity contribution in [1.29, 1.82) is 0 Å². The SMILES string of the molecule is CCCC[C@H](O)[C@@](C)(C(=O)O)[C@@H]1CC[C@]2(C)[C@@H](C1)C(=O)C=C1[C@@H]3C[C@@](C)(C(=O)OCc4ccccc4)CC[C@]3(C)CC[C@]12C. The van der Waals surface area contributed by atoms with Gasteiger partial charge in [-0.25, -0.2) is 0 Å². The summed E-state index contributed by atoms with van der Waals surface area (Å²) in [5.41, 5.74) is -0.209. The number of hydrogen-bond acceptors (Lipinski definition) is 5. The van der Waals surface area contributed by atoms with Gasteiger partial charge in [-0.05, 0) is 111 Å². The lowest BCUT2D eigenvalue weighted by Gasteiger charge is -2.65. The third-order valence-corrected chi connectivity index (χ3v) is 13.7. The number of aliphatic hydroxyl groups excluding tert-OH is 1. The van der Waals surface area contributed by atoms with Crippen LogP contribution in [0, 0.1) is 44.8 Å². The van der Waals surface area contributed by atoms with Crippen LogP contribution in [0.25, 0.3) is 0 Å². The number of esters is 1. The summed E-state index contributed by atoms with van der Waals surface area (Å²) in [5.74, 6) is -1.44. The number of allylic oxidation sites excluding steroid dienone is 2. The van der Waals surface area contributed by atoms with Gasteiger partial charge in [-0.3, -0.25) is 14.4 Å². The molecule has 6 nitrogen and oxygen atoms in total. The van der Waals surface area contributed by atoms with Crippen LogP contribution in [0.2, 0.25) is 0 Å². The van der Waals surface area contributed by atoms with E-state index in [1.54, 1.807) is 6.92 Å². The Balaban J connectivity index is 1.42. The second-order valence-electron chi connectivity index (χ2n) is 16.1. The zero-order chi connectivity index (χ0) is 32.1. The van der Waals surface area contributed by atoms with Crippen LogP contribution in [0.3, 0.4) is 0 Å². The van der Waals surface area contributed by atoms with E-state index < -0.39 is 22.9 Å². The summed E-state index contributed by atoms with van der Waals surface area (Å²) in [6.45, 7) is 13.0. The van der Waals surface area contributed by atoms with Crippen molar-refractivity contribution in [2.45, 2.75) is 125 Å². The number of unbranched alkanes of at least 4 members (excludes halogenated alkanes) is 1. The molecule has 0 aromatic heterocycles. The molecule has 4 aliphatic carbocycles. The predicted octanol–water partition coefficient (Wildman–Crippen LogP) is 7.92. The lowest BCUT2D eigenvalue weighted by Crippen LogP contribution is -2.60. The number of ketones is 1. The Morgan fingerprint density at radius 1 is 1.02 bits per heavy atom. The minimum absolute atomic E-state index is 0.0243. The number of carboxylic acid groups (broad SMARTS) is 1. The lowest BCUT2D eigenvalue weighted by atomic mass is 9.38. The van der Waals surface area contributed by atoms with Gasteiger partial charge in [0.1, 0.15) is 6.61 Å². The Hall–Kier alpha value is -2.47. The Morgan fingerprint density at radius 3 is 2.36 bits per heavy atom. The van der Waals surface area contributed by atoms with Crippen molar-refractivity contribution in [3.63, 3.8) is 0 Å². The van der Waals surface area contributed by atoms with Gasteiger partial charge in [-0.15, -0.1) is 0 Å². The van der Waals surface area contributed by atoms with Crippen molar-refractivity contribution in [3.8, 4) is 0 Å². The summed E-state index contributed by atoms with van der Waals surface area (Å²) >= 11 is 0. The second-order valence-corrected chi connectivity index (χ2v) is 16.1. The van der Waals surface area contributed by atoms with Crippen molar-refractivity contribution in [3.05, 3.63) is 47.5 Å². The summed E-state index contributed by atoms with van der Waals surface area (Å²) < 4.78 is 5.88. The number of rotatable bonds is 9. The molecule has 1 aromatic carbocycles. The first-order chi connectivity index (χ1) is 20.6. The van der Waals surface area contributed by atoms with Crippen LogP contribution in [0.1, 0.15) is 118 Å². The second kappa shape index (κ2) is 11.7. The Labute approximate surface area is 264 Å². The smallest absolute Gasteiger partial charge is 0.312 e. The van der Waals surface area contributed by atoms with Crippen molar-refractivity contribution in [1.82, 2.24) is 0 Å². The molecule has 4 aliphatic rings. The molecule has 0 unspecified atom stereocenters. The number of benzene rings is 1. The molecule has 0 aliphatic heterocycles. The molecule has 0 saturated heterocycles. The largest absolute Gasteiger partial charge is 0.481 e. The van der Waals surface area contributed by atoms with E-state index in [1.807, 2.05) is 50.3 Å². The van der Waals surface area contributed by atoms with Gasteiger partial charge < -0.3 is 14.9 Å². The van der Waals surface area contributed by atoms with Gasteiger partial charge in [0, 0.05) is 5.92 Å². The van der Waals surface area contributed by atoms with Gasteiger partial charge in [0.05, 0.1) is 16.9 Å². The summed E-state index contributed by atoms with van der Waals surface area (Å²) in [7, 11) is 0. The number of carboxylic acids is 1. The molecule has 2 N–H and O–H groups in total. The Bertz CT molecular complexity index is 1300. The summed E-state index contributed by atoms with van der Waals surface area (Å²) in [5, 5.41) is 21.5. The minimum atomic E-state index is -1.28. The molecule has 0 amide bonds. The zero-order valence-electron chi connectivity index (χ0n) is 27.8. The number of carbonyl (C=O) groups excluding carboxylic acids is 2. The molecule has 9 atom stereocenters. The molecule has 3 fully saturated rings. The third kappa shape index (κ3) is 5.17. The van der Waals surface area contributed by atoms with E-state index in [1.165, 1.54) is 5.57 Å². The van der Waals surface area contributed by atoms with Gasteiger partial charge in [-0.2, -0.15) is 0 Å². The monoisotopic (exact) mass is 606 g/mol. The topological polar surface area (TPSA) is 101 Å². The van der Waals surface area contributed by atoms with Gasteiger partial charge in [-0.1, -0.05) is 76.4 Å². The van der Waals surface area contributed by atoms with Gasteiger partial charge in [0.15, 0.2) is 5.78 Å². The van der Waals surface area contributed by atoms with E-state index in [-0.39, 0.29) is 52.4 Å². The van der Waals surface area contributed by atoms with Crippen LogP contribution in [-0.4, -0.2) is 34.0 Å². The Kier molecular flexibility index (Phi) is 8.76. The summed E-state index contributed by atoms with van der Waals surface area (Å²) in [4.78, 5) is 40.4. The highest BCUT2D eigenvalue weighted by molar-refractivity contribution is 5.95. The first-order valence-corrected chi connectivity index (χ1v) is 17.0. The van der Waals surface area contributed by atoms with Crippen LogP contribution in [0.15, 0.2) is 42.0 Å². The fourth-order valence-corrected chi connectivity index (χ4v) is 9.83. The molecular weight excluding hydrogens is 552 g/mol. The minimum Gasteiger partial charge on any atom is -0.481 e. The number of hydrogen-bond donors (Lipinski definition) is 2. The molecule has 0 bridgehead atoms. The number of carbonyl (C=O) groups is 3. The highest BCUT2D eigenvalue weighted by Crippen LogP contribution is 2.71. The maximum Gasteiger partial charge on any atom is 0.312 e. The van der Waals surface area contributed by atoms with Crippen molar-refractivity contribution in [2.75, 3.05) is 0 Å². The van der Waals surface area contributed by atoms with E-state index in [0.717, 1.165) is 50.5 Å². The highest BCUT2D eigenvalue weighted by atomic mass is 16.5. The molecule has 242 valence electrons. The summed E-state index contributed by atoms with van der Waals surface area (Å²) in [6.07, 6.45) is 9.45. The fraction of sp³-hybridized carbons (Fsp3) is 0.711. The van der Waals surface area contributed by atoms with Gasteiger partial charge in [0.25, 0.3) is 0 Å². The standard InChI is InChI=1S/C38H54O6/c1-7-8-14-31(40)38(6,32(41)42)26-15-16-36(4)28(21-26)30(39)22-27-29-23-35(3,18-17-34(29,2)19-20-37(27,36)5)33(43)44-24-25-12-10-9-11-13-25/h9-13,22,26,28-29,31,40H,7-8,14-21,23-24H2,1-6H3,(H,41,42)/t26-,28+,29+,31+,34-,35+,36-,37-,38+/m1/s1. The molecule has 1 aromatic rings. The molecule has 6 heteroatoms. The van der Waals surface area contributed by atoms with Crippen LogP contribution in [0.5, 0.6) is 0 Å². The van der Waals surface area contributed by atoms with Crippen LogP contribution < -0.4 is 0 Å². The van der Waals surface area contributed by atoms with Crippen molar-refractivity contribution < 1.29 is 29.3 Å². The molecule has 0 heterocycles. The maximum atomic E-state index is 14.2. The number of aliphatic carboxylic acids is 1. The average Bonchev–Trinajstić information content (AvgIpc) is 3.00. The Morgan fingerprint density at radius 2 is 1.70 bits per heavy atom. The van der Waals surface area contributed by atoms with Crippen LogP contribution in [0.4, 0.5) is 0 Å². The first-order valence-electron chi connectivity index (χ1n) is 17.0. The van der Waals surface area contributed by atoms with E-state index in [9.17, 15) is 24.6 Å². The van der Waals surface area contributed by atoms with E-state index >= 15 is 0 Å². The fourth-order valence-electron chi connectivity index (χ4n) is 9.83. The van der Waals surface area contributed by atoms with Gasteiger partial charge >= 0.3 is 11.9 Å². The lowest BCUT2D eigenvalue weighted by molar-refractivity contribution is -0.172. The van der Waals surface area contributed by atoms with Gasteiger partial charge in [0.2, 0.25) is 0 Å². The van der Waals surface area contributed by atoms with E-state index in [4.69, 9.17) is 4.74 Å². The first kappa shape index (κ1) is 32.9. The molecule has 0 spiro atoms. The van der Waals surface area contributed by atoms with Crippen LogP contribution >= 0.6 is 0 Å².